The third-order valence-corrected chi connectivity index (χ3v) is 7.51. The number of likely N-dealkylation sites (N-methyl/N-ethyl adjacent to an activating group) is 1. The zero-order chi connectivity index (χ0) is 33.6. The summed E-state index contributed by atoms with van der Waals surface area (Å²) in [6.07, 6.45) is 22.6. The first-order valence-electron chi connectivity index (χ1n) is 17.8. The Labute approximate surface area is 275 Å². The van der Waals surface area contributed by atoms with Crippen LogP contribution in [0.5, 0.6) is 0 Å². The van der Waals surface area contributed by atoms with Crippen LogP contribution in [0.4, 0.5) is 0 Å². The van der Waals surface area contributed by atoms with E-state index >= 15 is 0 Å². The van der Waals surface area contributed by atoms with E-state index < -0.39 is 24.3 Å². The molecular formula is C36H67NO8. The zero-order valence-electron chi connectivity index (χ0n) is 29.5. The molecule has 0 aliphatic heterocycles. The number of allylic oxidation sites excluding steroid dienone is 2. The van der Waals surface area contributed by atoms with Crippen molar-refractivity contribution < 1.29 is 42.9 Å². The Morgan fingerprint density at radius 2 is 1.13 bits per heavy atom. The molecule has 0 saturated heterocycles. The lowest BCUT2D eigenvalue weighted by Gasteiger charge is -2.26. The summed E-state index contributed by atoms with van der Waals surface area (Å²) in [4.78, 5) is 36.5. The van der Waals surface area contributed by atoms with Crippen LogP contribution in [-0.4, -0.2) is 82.3 Å². The first-order valence-corrected chi connectivity index (χ1v) is 17.8. The third kappa shape index (κ3) is 30.4. The van der Waals surface area contributed by atoms with Gasteiger partial charge in [-0.05, 0) is 38.5 Å². The number of carboxylic acids is 1. The number of ether oxygens (including phenoxy) is 4. The highest BCUT2D eigenvalue weighted by Gasteiger charge is 2.21. The Balaban J connectivity index is 4.57. The molecule has 0 bridgehead atoms. The molecule has 0 aromatic carbocycles. The van der Waals surface area contributed by atoms with Crippen molar-refractivity contribution in [2.24, 2.45) is 0 Å². The lowest BCUT2D eigenvalue weighted by Crippen LogP contribution is -2.44. The fourth-order valence-corrected chi connectivity index (χ4v) is 4.64. The Morgan fingerprint density at radius 3 is 1.67 bits per heavy atom. The molecular weight excluding hydrogens is 574 g/mol. The van der Waals surface area contributed by atoms with E-state index in [2.05, 4.69) is 26.0 Å². The number of carbonyl (C=O) groups is 3. The summed E-state index contributed by atoms with van der Waals surface area (Å²) in [5.41, 5.74) is 0. The number of quaternary nitrogens is 1. The molecule has 0 fully saturated rings. The van der Waals surface area contributed by atoms with E-state index in [9.17, 15) is 19.5 Å². The lowest BCUT2D eigenvalue weighted by atomic mass is 10.1. The fourth-order valence-electron chi connectivity index (χ4n) is 4.64. The molecule has 0 heterocycles. The molecule has 0 aliphatic rings. The van der Waals surface area contributed by atoms with E-state index in [1.54, 1.807) is 0 Å². The summed E-state index contributed by atoms with van der Waals surface area (Å²) < 4.78 is 22.3. The van der Waals surface area contributed by atoms with Crippen molar-refractivity contribution in [1.29, 1.82) is 0 Å². The molecule has 0 rings (SSSR count). The maximum atomic E-state index is 12.6. The molecule has 0 N–H and O–H groups in total. The topological polar surface area (TPSA) is 111 Å². The summed E-state index contributed by atoms with van der Waals surface area (Å²) in [5, 5.41) is 11.6. The normalized spacial score (nSPS) is 13.2. The van der Waals surface area contributed by atoms with E-state index in [1.165, 1.54) is 57.8 Å². The van der Waals surface area contributed by atoms with Gasteiger partial charge in [-0.3, -0.25) is 9.59 Å². The molecule has 0 spiro atoms. The molecule has 2 atom stereocenters. The second-order valence-corrected chi connectivity index (χ2v) is 13.2. The Bertz CT molecular complexity index is 765. The van der Waals surface area contributed by atoms with Gasteiger partial charge in [0.2, 0.25) is 0 Å². The van der Waals surface area contributed by atoms with Gasteiger partial charge in [-0.15, -0.1) is 0 Å². The van der Waals surface area contributed by atoms with E-state index in [0.717, 1.165) is 51.4 Å². The Morgan fingerprint density at radius 1 is 0.644 bits per heavy atom. The monoisotopic (exact) mass is 641 g/mol. The second-order valence-electron chi connectivity index (χ2n) is 13.2. The summed E-state index contributed by atoms with van der Waals surface area (Å²) in [7, 11) is 5.88. The number of unbranched alkanes of at least 4 members (excludes halogenated alkanes) is 15. The highest BCUT2D eigenvalue weighted by Crippen LogP contribution is 2.12. The van der Waals surface area contributed by atoms with Crippen molar-refractivity contribution >= 4 is 17.9 Å². The largest absolute Gasteiger partial charge is 0.545 e. The standard InChI is InChI=1S/C36H67NO8/c1-6-8-10-12-14-15-16-17-18-19-21-23-25-27-34(39)45-32(30-43-33(38)26-24-22-20-13-11-9-7-2)31-44-36(35(40)41)42-29-28-37(3,4)5/h15-16,32,36H,6-14,17-31H2,1-5H3/b16-15-. The maximum Gasteiger partial charge on any atom is 0.306 e. The van der Waals surface area contributed by atoms with Crippen LogP contribution in [0.25, 0.3) is 0 Å². The number of aliphatic carboxylic acids is 1. The van der Waals surface area contributed by atoms with E-state index in [4.69, 9.17) is 18.9 Å². The van der Waals surface area contributed by atoms with Crippen molar-refractivity contribution in [3.05, 3.63) is 12.2 Å². The first-order chi connectivity index (χ1) is 21.6. The molecule has 0 aromatic rings. The van der Waals surface area contributed by atoms with Gasteiger partial charge in [0.05, 0.1) is 40.3 Å². The highest BCUT2D eigenvalue weighted by atomic mass is 16.7. The lowest BCUT2D eigenvalue weighted by molar-refractivity contribution is -0.870. The predicted molar refractivity (Wildman–Crippen MR) is 177 cm³/mol. The van der Waals surface area contributed by atoms with Crippen molar-refractivity contribution in [2.75, 3.05) is 47.5 Å². The van der Waals surface area contributed by atoms with Gasteiger partial charge in [-0.1, -0.05) is 103 Å². The number of hydrogen-bond donors (Lipinski definition) is 0. The molecule has 0 aromatic heterocycles. The predicted octanol–water partition coefficient (Wildman–Crippen LogP) is 6.65. The Hall–Kier alpha value is -1.97. The van der Waals surface area contributed by atoms with Crippen LogP contribution < -0.4 is 5.11 Å². The third-order valence-electron chi connectivity index (χ3n) is 7.51. The van der Waals surface area contributed by atoms with Gasteiger partial charge in [0.25, 0.3) is 0 Å². The quantitative estimate of drug-likeness (QED) is 0.0264. The maximum absolute atomic E-state index is 12.6. The molecule has 264 valence electrons. The summed E-state index contributed by atoms with van der Waals surface area (Å²) in [6, 6.07) is 0. The summed E-state index contributed by atoms with van der Waals surface area (Å²) in [6.45, 7) is 4.64. The molecule has 9 nitrogen and oxygen atoms in total. The van der Waals surface area contributed by atoms with Crippen LogP contribution in [0.1, 0.15) is 142 Å². The molecule has 45 heavy (non-hydrogen) atoms. The van der Waals surface area contributed by atoms with Crippen LogP contribution >= 0.6 is 0 Å². The first kappa shape index (κ1) is 43.0. The number of carboxylic acid groups (broad SMARTS) is 1. The zero-order valence-corrected chi connectivity index (χ0v) is 29.5. The molecule has 0 saturated carbocycles. The molecule has 2 unspecified atom stereocenters. The van der Waals surface area contributed by atoms with Crippen molar-refractivity contribution in [3.63, 3.8) is 0 Å². The molecule has 0 amide bonds. The van der Waals surface area contributed by atoms with Crippen molar-refractivity contribution in [3.8, 4) is 0 Å². The molecule has 0 aliphatic carbocycles. The smallest absolute Gasteiger partial charge is 0.306 e. The number of hydrogen-bond acceptors (Lipinski definition) is 8. The van der Waals surface area contributed by atoms with E-state index in [1.807, 2.05) is 21.1 Å². The van der Waals surface area contributed by atoms with E-state index in [0.29, 0.717) is 23.9 Å². The highest BCUT2D eigenvalue weighted by molar-refractivity contribution is 5.70. The minimum atomic E-state index is -1.61. The van der Waals surface area contributed by atoms with Gasteiger partial charge in [0.15, 0.2) is 12.4 Å². The van der Waals surface area contributed by atoms with Crippen molar-refractivity contribution in [2.45, 2.75) is 155 Å². The average Bonchev–Trinajstić information content (AvgIpc) is 2.98. The van der Waals surface area contributed by atoms with Gasteiger partial charge >= 0.3 is 11.9 Å². The SMILES string of the molecule is CCCCCC/C=C\CCCCCCCC(=O)OC(COC(=O)CCCCCCCCC)COC(OCC[N+](C)(C)C)C(=O)[O-]. The Kier molecular flexibility index (Phi) is 28.1. The van der Waals surface area contributed by atoms with Gasteiger partial charge in [-0.25, -0.2) is 0 Å². The minimum absolute atomic E-state index is 0.148. The number of nitrogens with zero attached hydrogens (tertiary/aromatic N) is 1. The number of carbonyl (C=O) groups excluding carboxylic acids is 3. The van der Waals surface area contributed by atoms with Gasteiger partial charge in [0.1, 0.15) is 13.2 Å². The van der Waals surface area contributed by atoms with Gasteiger partial charge < -0.3 is 33.3 Å². The number of rotatable bonds is 32. The van der Waals surface area contributed by atoms with Gasteiger partial charge in [-0.2, -0.15) is 0 Å². The molecule has 0 radical (unpaired) electrons. The van der Waals surface area contributed by atoms with Crippen LogP contribution in [0.15, 0.2) is 12.2 Å². The van der Waals surface area contributed by atoms with Crippen LogP contribution in [0.2, 0.25) is 0 Å². The average molecular weight is 642 g/mol. The van der Waals surface area contributed by atoms with Crippen LogP contribution in [-0.2, 0) is 33.3 Å². The fraction of sp³-hybridized carbons (Fsp3) is 0.861. The minimum Gasteiger partial charge on any atom is -0.545 e. The van der Waals surface area contributed by atoms with Crippen molar-refractivity contribution in [1.82, 2.24) is 0 Å². The van der Waals surface area contributed by atoms with Crippen LogP contribution in [0.3, 0.4) is 0 Å². The molecule has 9 heteroatoms. The van der Waals surface area contributed by atoms with E-state index in [-0.39, 0.29) is 32.2 Å². The van der Waals surface area contributed by atoms with Gasteiger partial charge in [0, 0.05) is 12.8 Å². The summed E-state index contributed by atoms with van der Waals surface area (Å²) in [5.74, 6) is -2.31. The van der Waals surface area contributed by atoms with Crippen LogP contribution in [0, 0.1) is 0 Å². The summed E-state index contributed by atoms with van der Waals surface area (Å²) >= 11 is 0. The number of esters is 2. The second kappa shape index (κ2) is 29.4.